The highest BCUT2D eigenvalue weighted by Crippen LogP contribution is 2.32. The van der Waals surface area contributed by atoms with Crippen molar-refractivity contribution in [2.75, 3.05) is 20.1 Å². The fraction of sp³-hybridized carbons (Fsp3) is 0.643. The van der Waals surface area contributed by atoms with Crippen molar-refractivity contribution in [2.45, 2.75) is 38.8 Å². The summed E-state index contributed by atoms with van der Waals surface area (Å²) in [5, 5.41) is 1.73. The van der Waals surface area contributed by atoms with Gasteiger partial charge in [-0.25, -0.2) is 4.79 Å². The molecule has 0 saturated heterocycles. The Morgan fingerprint density at radius 3 is 3.21 bits per heavy atom. The van der Waals surface area contributed by atoms with Gasteiger partial charge in [0.2, 0.25) is 0 Å². The second kappa shape index (κ2) is 5.51. The van der Waals surface area contributed by atoms with Crippen LogP contribution < -0.4 is 0 Å². The third kappa shape index (κ3) is 3.70. The monoisotopic (exact) mass is 288 g/mol. The van der Waals surface area contributed by atoms with Crippen molar-refractivity contribution in [3.8, 4) is 0 Å². The Kier molecular flexibility index (Phi) is 2.60. The van der Waals surface area contributed by atoms with Crippen molar-refractivity contribution in [3.63, 3.8) is 0 Å². The van der Waals surface area contributed by atoms with Gasteiger partial charge in [-0.05, 0) is 44.2 Å². The molecule has 0 spiro atoms. The molecule has 0 aromatic carbocycles. The van der Waals surface area contributed by atoms with Crippen LogP contribution in [-0.4, -0.2) is 36.7 Å². The molecule has 1 amide bonds. The van der Waals surface area contributed by atoms with Gasteiger partial charge in [-0.15, -0.1) is 11.3 Å². The minimum atomic E-state index is -2.68. The van der Waals surface area contributed by atoms with E-state index >= 15 is 0 Å². The smallest absolute Gasteiger partial charge is 0.410 e. The first-order valence-electron chi connectivity index (χ1n) is 8.51. The van der Waals surface area contributed by atoms with Crippen LogP contribution in [0, 0.1) is 0 Å². The van der Waals surface area contributed by atoms with E-state index in [1.54, 1.807) is 32.2 Å². The van der Waals surface area contributed by atoms with Crippen LogP contribution in [0.15, 0.2) is 11.4 Å². The molecule has 19 heavy (non-hydrogen) atoms. The third-order valence-electron chi connectivity index (χ3n) is 2.50. The molecule has 1 atom stereocenters. The second-order valence-corrected chi connectivity index (χ2v) is 6.21. The Morgan fingerprint density at radius 1 is 1.74 bits per heavy atom. The predicted molar refractivity (Wildman–Crippen MR) is 75.6 cm³/mol. The number of likely N-dealkylation sites (N-methyl/N-ethyl adjacent to an activating group) is 1. The normalized spacial score (nSPS) is 26.1. The van der Waals surface area contributed by atoms with E-state index in [2.05, 4.69) is 0 Å². The molecule has 0 radical (unpaired) electrons. The first-order chi connectivity index (χ1) is 10.8. The zero-order valence-electron chi connectivity index (χ0n) is 16.2. The Bertz CT molecular complexity index is 608. The molecule has 1 aliphatic heterocycles. The molecule has 0 bridgehead atoms. The average molecular weight is 288 g/mol. The van der Waals surface area contributed by atoms with Gasteiger partial charge in [0.25, 0.3) is 0 Å². The van der Waals surface area contributed by atoms with Gasteiger partial charge in [-0.2, -0.15) is 0 Å². The highest BCUT2D eigenvalue weighted by Gasteiger charge is 2.27. The van der Waals surface area contributed by atoms with Gasteiger partial charge in [-0.3, -0.25) is 0 Å². The largest absolute Gasteiger partial charge is 0.444 e. The first-order valence-corrected chi connectivity index (χ1v) is 6.89. The highest BCUT2D eigenvalue weighted by atomic mass is 32.1. The fourth-order valence-corrected chi connectivity index (χ4v) is 2.62. The maximum absolute atomic E-state index is 12.3. The molecule has 2 rings (SSSR count). The van der Waals surface area contributed by atoms with Gasteiger partial charge < -0.3 is 14.4 Å². The topological polar surface area (TPSA) is 38.8 Å². The molecule has 0 N–H and O–H groups in total. The molecule has 0 aliphatic carbocycles. The Hall–Kier alpha value is -1.07. The van der Waals surface area contributed by atoms with Crippen molar-refractivity contribution in [1.29, 1.82) is 0 Å². The molecule has 4 nitrogen and oxygen atoms in total. The Labute approximate surface area is 125 Å². The number of fused-ring (bicyclic) bond motifs is 1. The van der Waals surface area contributed by atoms with Crippen molar-refractivity contribution in [3.05, 3.63) is 21.9 Å². The molecule has 0 saturated carbocycles. The zero-order chi connectivity index (χ0) is 18.3. The number of carbonyl (C=O) groups is 1. The number of ether oxygens (including phenoxy) is 2. The summed E-state index contributed by atoms with van der Waals surface area (Å²) < 4.78 is 49.4. The van der Waals surface area contributed by atoms with E-state index in [-0.39, 0.29) is 13.2 Å². The molecule has 2 heterocycles. The van der Waals surface area contributed by atoms with Gasteiger partial charge in [0.15, 0.2) is 0 Å². The quantitative estimate of drug-likeness (QED) is 0.838. The van der Waals surface area contributed by atoms with Crippen LogP contribution in [0.4, 0.5) is 4.79 Å². The molecule has 1 aromatic heterocycles. The summed E-state index contributed by atoms with van der Waals surface area (Å²) >= 11 is 1.29. The number of hydrogen-bond donors (Lipinski definition) is 0. The molecule has 5 heteroatoms. The number of amides is 1. The van der Waals surface area contributed by atoms with Gasteiger partial charge >= 0.3 is 6.09 Å². The molecule has 1 aliphatic rings. The molecule has 1 unspecified atom stereocenters. The van der Waals surface area contributed by atoms with Crippen LogP contribution in [-0.2, 0) is 15.8 Å². The second-order valence-electron chi connectivity index (χ2n) is 5.27. The number of thiophene rings is 1. The maximum Gasteiger partial charge on any atom is 0.410 e. The fourth-order valence-electron chi connectivity index (χ4n) is 1.71. The van der Waals surface area contributed by atoms with E-state index in [0.717, 1.165) is 0 Å². The van der Waals surface area contributed by atoms with Crippen molar-refractivity contribution in [1.82, 2.24) is 4.90 Å². The number of rotatable bonds is 2. The number of nitrogens with zero attached hydrogens (tertiary/aromatic N) is 1. The van der Waals surface area contributed by atoms with E-state index in [1.165, 1.54) is 11.3 Å². The minimum absolute atomic E-state index is 0.190. The number of hydrogen-bond acceptors (Lipinski definition) is 4. The maximum atomic E-state index is 12.3. The van der Waals surface area contributed by atoms with Gasteiger partial charge in [-0.1, -0.05) is 0 Å². The Morgan fingerprint density at radius 2 is 2.53 bits per heavy atom. The minimum Gasteiger partial charge on any atom is -0.444 e. The summed E-state index contributed by atoms with van der Waals surface area (Å²) in [7, 11) is 0. The molecule has 106 valence electrons. The van der Waals surface area contributed by atoms with Gasteiger partial charge in [0, 0.05) is 18.7 Å². The van der Waals surface area contributed by atoms with E-state index < -0.39 is 31.1 Å². The molecular weight excluding hydrogens is 262 g/mol. The van der Waals surface area contributed by atoms with E-state index in [0.29, 0.717) is 15.3 Å². The van der Waals surface area contributed by atoms with E-state index in [1.807, 2.05) is 0 Å². The summed E-state index contributed by atoms with van der Waals surface area (Å²) in [6.45, 7) is 1.88. The standard InChI is InChI=1S/C14H21NO3S/c1-14(2,3)18-13(16)15(4)9-11-12-10(5-7-17-11)6-8-19-12/h6,8,11H,5,7,9H2,1-4H3/i4D3,5D2. The lowest BCUT2D eigenvalue weighted by molar-refractivity contribution is -0.000231. The van der Waals surface area contributed by atoms with Crippen molar-refractivity contribution in [2.24, 2.45) is 0 Å². The predicted octanol–water partition coefficient (Wildman–Crippen LogP) is 3.23. The van der Waals surface area contributed by atoms with Crippen LogP contribution in [0.25, 0.3) is 0 Å². The molecule has 0 fully saturated rings. The summed E-state index contributed by atoms with van der Waals surface area (Å²) in [5.41, 5.74) is -0.335. The Balaban J connectivity index is 2.24. The lowest BCUT2D eigenvalue weighted by atomic mass is 10.1. The van der Waals surface area contributed by atoms with Crippen molar-refractivity contribution >= 4 is 17.4 Å². The first kappa shape index (κ1) is 8.97. The molecular formula is C14H21NO3S. The summed E-state index contributed by atoms with van der Waals surface area (Å²) in [6, 6.07) is 1.67. The van der Waals surface area contributed by atoms with Crippen LogP contribution in [0.1, 0.15) is 44.2 Å². The van der Waals surface area contributed by atoms with E-state index in [9.17, 15) is 4.79 Å². The van der Waals surface area contributed by atoms with E-state index in [4.69, 9.17) is 16.3 Å². The lowest BCUT2D eigenvalue weighted by Crippen LogP contribution is -2.37. The van der Waals surface area contributed by atoms with Crippen LogP contribution in [0.2, 0.25) is 0 Å². The summed E-state index contributed by atoms with van der Waals surface area (Å²) in [6.07, 6.45) is -3.27. The van der Waals surface area contributed by atoms with Gasteiger partial charge in [0.05, 0.1) is 13.2 Å². The zero-order valence-corrected chi connectivity index (χ0v) is 12.0. The van der Waals surface area contributed by atoms with Crippen LogP contribution in [0.3, 0.4) is 0 Å². The van der Waals surface area contributed by atoms with Gasteiger partial charge in [0.1, 0.15) is 11.7 Å². The number of carbonyl (C=O) groups excluding carboxylic acids is 1. The average Bonchev–Trinajstić information content (AvgIpc) is 2.84. The third-order valence-corrected chi connectivity index (χ3v) is 3.51. The summed E-state index contributed by atoms with van der Waals surface area (Å²) in [5.74, 6) is 0. The molecule has 1 aromatic rings. The SMILES string of the molecule is [2H]C1([2H])COC(CN(C(=O)OC(C)(C)C)C([2H])([2H])[2H])c2sccc21. The van der Waals surface area contributed by atoms with Crippen LogP contribution in [0.5, 0.6) is 0 Å². The highest BCUT2D eigenvalue weighted by molar-refractivity contribution is 7.10. The van der Waals surface area contributed by atoms with Crippen molar-refractivity contribution < 1.29 is 21.1 Å². The summed E-state index contributed by atoms with van der Waals surface area (Å²) in [4.78, 5) is 13.5. The lowest BCUT2D eigenvalue weighted by Gasteiger charge is -2.29. The van der Waals surface area contributed by atoms with Crippen LogP contribution >= 0.6 is 11.3 Å².